The van der Waals surface area contributed by atoms with Crippen LogP contribution in [0.3, 0.4) is 0 Å². The van der Waals surface area contributed by atoms with Gasteiger partial charge in [0.2, 0.25) is 0 Å². The molecule has 0 aromatic carbocycles. The molecular weight excluding hydrogens is 296 g/mol. The molecule has 0 bridgehead atoms. The summed E-state index contributed by atoms with van der Waals surface area (Å²) in [6.45, 7) is 2.35. The Labute approximate surface area is 140 Å². The number of aliphatic hydroxyl groups excluding tert-OH is 3. The van der Waals surface area contributed by atoms with Crippen LogP contribution in [0.1, 0.15) is 58.3 Å². The van der Waals surface area contributed by atoms with Crippen LogP contribution in [0.15, 0.2) is 12.2 Å². The van der Waals surface area contributed by atoms with E-state index in [0.717, 1.165) is 6.42 Å². The van der Waals surface area contributed by atoms with Crippen molar-refractivity contribution < 1.29 is 24.8 Å². The summed E-state index contributed by atoms with van der Waals surface area (Å²) >= 11 is 0. The normalized spacial score (nSPS) is 26.2. The summed E-state index contributed by atoms with van der Waals surface area (Å²) in [7, 11) is 0. The van der Waals surface area contributed by atoms with Crippen molar-refractivity contribution in [3.05, 3.63) is 12.2 Å². The fourth-order valence-electron chi connectivity index (χ4n) is 2.83. The highest BCUT2D eigenvalue weighted by molar-refractivity contribution is 4.90. The summed E-state index contributed by atoms with van der Waals surface area (Å²) in [4.78, 5) is 0. The van der Waals surface area contributed by atoms with Gasteiger partial charge in [-0.25, -0.2) is 0 Å². The molecule has 0 aliphatic carbocycles. The van der Waals surface area contributed by atoms with Crippen molar-refractivity contribution in [1.82, 2.24) is 0 Å². The number of hydrogen-bond acceptors (Lipinski definition) is 5. The first kappa shape index (κ1) is 20.6. The lowest BCUT2D eigenvalue weighted by molar-refractivity contribution is -0.0879. The van der Waals surface area contributed by atoms with Crippen LogP contribution in [0.25, 0.3) is 0 Å². The van der Waals surface area contributed by atoms with Crippen molar-refractivity contribution in [3.63, 3.8) is 0 Å². The van der Waals surface area contributed by atoms with Crippen molar-refractivity contribution >= 4 is 0 Å². The van der Waals surface area contributed by atoms with Gasteiger partial charge in [-0.1, -0.05) is 57.6 Å². The van der Waals surface area contributed by atoms with Crippen molar-refractivity contribution in [3.8, 4) is 0 Å². The lowest BCUT2D eigenvalue weighted by Crippen LogP contribution is -2.42. The summed E-state index contributed by atoms with van der Waals surface area (Å²) in [6, 6.07) is 0. The molecule has 0 aromatic rings. The van der Waals surface area contributed by atoms with Crippen LogP contribution < -0.4 is 0 Å². The largest absolute Gasteiger partial charge is 0.394 e. The topological polar surface area (TPSA) is 79.2 Å². The van der Waals surface area contributed by atoms with E-state index in [1.807, 2.05) is 6.08 Å². The first-order chi connectivity index (χ1) is 11.2. The van der Waals surface area contributed by atoms with Crippen molar-refractivity contribution in [1.29, 1.82) is 0 Å². The Balaban J connectivity index is 2.06. The van der Waals surface area contributed by atoms with E-state index in [0.29, 0.717) is 6.61 Å². The molecule has 1 fully saturated rings. The zero-order valence-corrected chi connectivity index (χ0v) is 14.4. The monoisotopic (exact) mass is 330 g/mol. The molecule has 0 unspecified atom stereocenters. The standard InChI is InChI=1S/C18H34O5/c1-2-3-4-5-6-7-8-9-10-11-12-22-18-16(21)14-23-17(18)15(20)13-19/h10-11,15-21H,2-9,12-14H2,1H3/b11-10+/t15-,16+,17-,18-/m1/s1. The van der Waals surface area contributed by atoms with E-state index in [1.54, 1.807) is 0 Å². The van der Waals surface area contributed by atoms with Crippen molar-refractivity contribution in [2.75, 3.05) is 19.8 Å². The second-order valence-corrected chi connectivity index (χ2v) is 6.29. The number of hydrogen-bond donors (Lipinski definition) is 3. The first-order valence-electron chi connectivity index (χ1n) is 9.05. The SMILES string of the molecule is CCCCCCCCC/C=C/CO[C@H]1[C@@H]([C@H](O)CO)OC[C@@H]1O. The minimum absolute atomic E-state index is 0.133. The van der Waals surface area contributed by atoms with Crippen LogP contribution in [0, 0.1) is 0 Å². The quantitative estimate of drug-likeness (QED) is 0.356. The van der Waals surface area contributed by atoms with E-state index in [4.69, 9.17) is 14.6 Å². The summed E-state index contributed by atoms with van der Waals surface area (Å²) in [5.74, 6) is 0. The molecule has 1 saturated heterocycles. The molecule has 1 aliphatic heterocycles. The van der Waals surface area contributed by atoms with Gasteiger partial charge in [0.15, 0.2) is 0 Å². The summed E-state index contributed by atoms with van der Waals surface area (Å²) in [5.41, 5.74) is 0. The summed E-state index contributed by atoms with van der Waals surface area (Å²) in [5, 5.41) is 28.4. The Bertz CT molecular complexity index is 308. The molecule has 23 heavy (non-hydrogen) atoms. The molecule has 1 aliphatic rings. The van der Waals surface area contributed by atoms with E-state index in [2.05, 4.69) is 13.0 Å². The molecular formula is C18H34O5. The number of allylic oxidation sites excluding steroid dienone is 1. The third-order valence-electron chi connectivity index (χ3n) is 4.25. The second kappa shape index (κ2) is 12.9. The zero-order chi connectivity index (χ0) is 16.9. The van der Waals surface area contributed by atoms with Crippen LogP contribution >= 0.6 is 0 Å². The Morgan fingerprint density at radius 1 is 1.13 bits per heavy atom. The predicted octanol–water partition coefficient (Wildman–Crippen LogP) is 2.18. The molecule has 1 rings (SSSR count). The van der Waals surface area contributed by atoms with E-state index in [1.165, 1.54) is 44.9 Å². The van der Waals surface area contributed by atoms with Gasteiger partial charge in [0.05, 0.1) is 19.8 Å². The molecule has 0 aromatic heterocycles. The molecule has 5 heteroatoms. The molecule has 0 amide bonds. The van der Waals surface area contributed by atoms with Gasteiger partial charge in [0.1, 0.15) is 24.4 Å². The van der Waals surface area contributed by atoms with Gasteiger partial charge >= 0.3 is 0 Å². The number of rotatable bonds is 13. The fourth-order valence-corrected chi connectivity index (χ4v) is 2.83. The Hall–Kier alpha value is -0.460. The number of aliphatic hydroxyl groups is 3. The molecule has 0 spiro atoms. The molecule has 5 nitrogen and oxygen atoms in total. The van der Waals surface area contributed by atoms with Gasteiger partial charge in [-0.3, -0.25) is 0 Å². The van der Waals surface area contributed by atoms with E-state index in [-0.39, 0.29) is 6.61 Å². The lowest BCUT2D eigenvalue weighted by Gasteiger charge is -2.23. The molecule has 3 N–H and O–H groups in total. The van der Waals surface area contributed by atoms with Crippen LogP contribution in [0.4, 0.5) is 0 Å². The zero-order valence-electron chi connectivity index (χ0n) is 14.4. The smallest absolute Gasteiger partial charge is 0.115 e. The van der Waals surface area contributed by atoms with E-state index in [9.17, 15) is 10.2 Å². The first-order valence-corrected chi connectivity index (χ1v) is 9.05. The molecule has 0 radical (unpaired) electrons. The Morgan fingerprint density at radius 3 is 2.52 bits per heavy atom. The minimum Gasteiger partial charge on any atom is -0.394 e. The Kier molecular flexibility index (Phi) is 11.5. The molecule has 136 valence electrons. The van der Waals surface area contributed by atoms with Gasteiger partial charge in [0, 0.05) is 0 Å². The lowest BCUT2D eigenvalue weighted by atomic mass is 10.1. The van der Waals surface area contributed by atoms with E-state index < -0.39 is 31.0 Å². The van der Waals surface area contributed by atoms with Gasteiger partial charge in [-0.05, 0) is 12.8 Å². The summed E-state index contributed by atoms with van der Waals surface area (Å²) < 4.78 is 10.9. The minimum atomic E-state index is -1.02. The maximum absolute atomic E-state index is 9.80. The van der Waals surface area contributed by atoms with Gasteiger partial charge in [0.25, 0.3) is 0 Å². The van der Waals surface area contributed by atoms with E-state index >= 15 is 0 Å². The third-order valence-corrected chi connectivity index (χ3v) is 4.25. The highest BCUT2D eigenvalue weighted by Gasteiger charge is 2.40. The maximum Gasteiger partial charge on any atom is 0.115 e. The molecule has 4 atom stereocenters. The van der Waals surface area contributed by atoms with Crippen molar-refractivity contribution in [2.45, 2.75) is 82.7 Å². The third kappa shape index (κ3) is 8.27. The number of unbranched alkanes of at least 4 members (excludes halogenated alkanes) is 7. The predicted molar refractivity (Wildman–Crippen MR) is 90.3 cm³/mol. The highest BCUT2D eigenvalue weighted by Crippen LogP contribution is 2.21. The summed E-state index contributed by atoms with van der Waals surface area (Å²) in [6.07, 6.45) is 11.2. The van der Waals surface area contributed by atoms with Crippen LogP contribution in [-0.4, -0.2) is 59.6 Å². The average molecular weight is 330 g/mol. The second-order valence-electron chi connectivity index (χ2n) is 6.29. The Morgan fingerprint density at radius 2 is 1.83 bits per heavy atom. The van der Waals surface area contributed by atoms with Crippen LogP contribution in [0.5, 0.6) is 0 Å². The van der Waals surface area contributed by atoms with Gasteiger partial charge in [-0.2, -0.15) is 0 Å². The fraction of sp³-hybridized carbons (Fsp3) is 0.889. The average Bonchev–Trinajstić information content (AvgIpc) is 2.93. The van der Waals surface area contributed by atoms with Crippen LogP contribution in [-0.2, 0) is 9.47 Å². The van der Waals surface area contributed by atoms with Crippen molar-refractivity contribution in [2.24, 2.45) is 0 Å². The van der Waals surface area contributed by atoms with Gasteiger partial charge < -0.3 is 24.8 Å². The maximum atomic E-state index is 9.80. The highest BCUT2D eigenvalue weighted by atomic mass is 16.6. The molecule has 1 heterocycles. The van der Waals surface area contributed by atoms with Gasteiger partial charge in [-0.15, -0.1) is 0 Å². The van der Waals surface area contributed by atoms with Crippen LogP contribution in [0.2, 0.25) is 0 Å². The molecule has 0 saturated carbocycles. The number of ether oxygens (including phenoxy) is 2.